The summed E-state index contributed by atoms with van der Waals surface area (Å²) in [5.74, 6) is -0.391. The number of benzene rings is 1. The van der Waals surface area contributed by atoms with Gasteiger partial charge in [-0.3, -0.25) is 0 Å². The van der Waals surface area contributed by atoms with Gasteiger partial charge >= 0.3 is 0 Å². The van der Waals surface area contributed by atoms with E-state index in [0.29, 0.717) is 5.56 Å². The molecule has 0 amide bonds. The molecule has 0 aliphatic heterocycles. The van der Waals surface area contributed by atoms with Gasteiger partial charge in [-0.2, -0.15) is 0 Å². The third-order valence-electron chi connectivity index (χ3n) is 1.80. The summed E-state index contributed by atoms with van der Waals surface area (Å²) in [6.07, 6.45) is -0.843. The molecule has 0 fully saturated rings. The van der Waals surface area contributed by atoms with Crippen molar-refractivity contribution in [1.82, 2.24) is 0 Å². The maximum absolute atomic E-state index is 13.0. The number of hydrogen-bond donors (Lipinski definition) is 2. The van der Waals surface area contributed by atoms with Gasteiger partial charge in [-0.15, -0.1) is 0 Å². The molecule has 0 radical (unpaired) electrons. The lowest BCUT2D eigenvalue weighted by Crippen LogP contribution is -2.24. The van der Waals surface area contributed by atoms with E-state index in [-0.39, 0.29) is 4.47 Å². The zero-order valence-corrected chi connectivity index (χ0v) is 8.75. The molecule has 1 aromatic carbocycles. The van der Waals surface area contributed by atoms with Gasteiger partial charge in [-0.05, 0) is 34.5 Å². The highest BCUT2D eigenvalue weighted by molar-refractivity contribution is 9.10. The van der Waals surface area contributed by atoms with Crippen LogP contribution in [0.15, 0.2) is 22.7 Å². The third-order valence-corrected chi connectivity index (χ3v) is 2.63. The average Bonchev–Trinajstić information content (AvgIpc) is 2.08. The first kappa shape index (κ1) is 10.6. The fourth-order valence-corrected chi connectivity index (χ4v) is 1.53. The Morgan fingerprint density at radius 1 is 1.54 bits per heavy atom. The summed E-state index contributed by atoms with van der Waals surface area (Å²) in [5, 5.41) is 9.58. The van der Waals surface area contributed by atoms with E-state index in [1.165, 1.54) is 6.07 Å². The van der Waals surface area contributed by atoms with Gasteiger partial charge in [0.2, 0.25) is 0 Å². The van der Waals surface area contributed by atoms with Crippen molar-refractivity contribution in [2.45, 2.75) is 19.1 Å². The summed E-state index contributed by atoms with van der Waals surface area (Å²) in [6, 6.07) is 4.09. The van der Waals surface area contributed by atoms with Crippen LogP contribution in [0.4, 0.5) is 4.39 Å². The molecule has 4 heteroatoms. The fraction of sp³-hybridized carbons (Fsp3) is 0.333. The van der Waals surface area contributed by atoms with Crippen LogP contribution < -0.4 is 5.73 Å². The molecule has 72 valence electrons. The van der Waals surface area contributed by atoms with E-state index in [1.807, 2.05) is 0 Å². The SMILES string of the molecule is CC(N)C(O)c1cccc(F)c1Br. The van der Waals surface area contributed by atoms with E-state index >= 15 is 0 Å². The van der Waals surface area contributed by atoms with Crippen LogP contribution in [0.1, 0.15) is 18.6 Å². The minimum Gasteiger partial charge on any atom is -0.387 e. The highest BCUT2D eigenvalue weighted by Crippen LogP contribution is 2.27. The summed E-state index contributed by atoms with van der Waals surface area (Å²) in [5.41, 5.74) is 5.98. The Hall–Kier alpha value is -0.450. The quantitative estimate of drug-likeness (QED) is 0.840. The van der Waals surface area contributed by atoms with Crippen molar-refractivity contribution in [2.24, 2.45) is 5.73 Å². The van der Waals surface area contributed by atoms with Gasteiger partial charge < -0.3 is 10.8 Å². The number of nitrogens with two attached hydrogens (primary N) is 1. The molecule has 0 aromatic heterocycles. The Labute approximate surface area is 84.7 Å². The Balaban J connectivity index is 3.07. The second kappa shape index (κ2) is 4.17. The molecule has 2 nitrogen and oxygen atoms in total. The van der Waals surface area contributed by atoms with Gasteiger partial charge in [0.15, 0.2) is 0 Å². The first-order valence-electron chi connectivity index (χ1n) is 3.91. The predicted octanol–water partition coefficient (Wildman–Crippen LogP) is 1.97. The van der Waals surface area contributed by atoms with Crippen LogP contribution in [0.2, 0.25) is 0 Å². The molecule has 3 N–H and O–H groups in total. The zero-order chi connectivity index (χ0) is 10.0. The second-order valence-corrected chi connectivity index (χ2v) is 3.74. The van der Waals surface area contributed by atoms with E-state index in [1.54, 1.807) is 19.1 Å². The molecule has 0 saturated heterocycles. The lowest BCUT2D eigenvalue weighted by Gasteiger charge is -2.16. The normalized spacial score (nSPS) is 15.5. The van der Waals surface area contributed by atoms with Crippen molar-refractivity contribution >= 4 is 15.9 Å². The van der Waals surface area contributed by atoms with Crippen molar-refractivity contribution in [3.05, 3.63) is 34.1 Å². The molecule has 2 unspecified atom stereocenters. The van der Waals surface area contributed by atoms with Crippen LogP contribution in [0.5, 0.6) is 0 Å². The highest BCUT2D eigenvalue weighted by atomic mass is 79.9. The van der Waals surface area contributed by atoms with E-state index in [4.69, 9.17) is 5.73 Å². The molecular formula is C9H11BrFNO. The minimum atomic E-state index is -0.843. The Morgan fingerprint density at radius 2 is 2.15 bits per heavy atom. The lowest BCUT2D eigenvalue weighted by atomic mass is 10.0. The maximum atomic E-state index is 13.0. The monoisotopic (exact) mass is 247 g/mol. The van der Waals surface area contributed by atoms with Gasteiger partial charge in [0.1, 0.15) is 5.82 Å². The Kier molecular flexibility index (Phi) is 3.41. The van der Waals surface area contributed by atoms with Crippen LogP contribution in [0.25, 0.3) is 0 Å². The molecule has 0 bridgehead atoms. The van der Waals surface area contributed by atoms with Crippen molar-refractivity contribution in [1.29, 1.82) is 0 Å². The van der Waals surface area contributed by atoms with Crippen LogP contribution >= 0.6 is 15.9 Å². The molecule has 1 rings (SSSR count). The van der Waals surface area contributed by atoms with E-state index in [2.05, 4.69) is 15.9 Å². The van der Waals surface area contributed by atoms with Crippen LogP contribution in [0, 0.1) is 5.82 Å². The largest absolute Gasteiger partial charge is 0.387 e. The number of halogens is 2. The Bertz CT molecular complexity index is 304. The van der Waals surface area contributed by atoms with Gasteiger partial charge in [-0.1, -0.05) is 12.1 Å². The lowest BCUT2D eigenvalue weighted by molar-refractivity contribution is 0.152. The standard InChI is InChI=1S/C9H11BrFNO/c1-5(12)9(13)6-3-2-4-7(11)8(6)10/h2-5,9,13H,12H2,1H3. The summed E-state index contributed by atoms with van der Waals surface area (Å²) in [6.45, 7) is 1.67. The van der Waals surface area contributed by atoms with E-state index < -0.39 is 18.0 Å². The molecule has 0 spiro atoms. The number of hydrogen-bond acceptors (Lipinski definition) is 2. The van der Waals surface area contributed by atoms with E-state index in [0.717, 1.165) is 0 Å². The zero-order valence-electron chi connectivity index (χ0n) is 7.17. The van der Waals surface area contributed by atoms with E-state index in [9.17, 15) is 9.50 Å². The molecule has 0 heterocycles. The van der Waals surface area contributed by atoms with Gasteiger partial charge in [-0.25, -0.2) is 4.39 Å². The number of rotatable bonds is 2. The molecular weight excluding hydrogens is 237 g/mol. The maximum Gasteiger partial charge on any atom is 0.137 e. The summed E-state index contributed by atoms with van der Waals surface area (Å²) in [7, 11) is 0. The minimum absolute atomic E-state index is 0.278. The van der Waals surface area contributed by atoms with Crippen molar-refractivity contribution in [3.8, 4) is 0 Å². The molecule has 2 atom stereocenters. The molecule has 0 saturated carbocycles. The predicted molar refractivity (Wildman–Crippen MR) is 52.7 cm³/mol. The first-order valence-corrected chi connectivity index (χ1v) is 4.71. The number of aliphatic hydroxyl groups excluding tert-OH is 1. The third kappa shape index (κ3) is 2.27. The first-order chi connectivity index (χ1) is 6.04. The molecule has 0 aliphatic rings. The second-order valence-electron chi connectivity index (χ2n) is 2.95. The topological polar surface area (TPSA) is 46.2 Å². The number of aliphatic hydroxyl groups is 1. The highest BCUT2D eigenvalue weighted by Gasteiger charge is 2.16. The van der Waals surface area contributed by atoms with Gasteiger partial charge in [0, 0.05) is 6.04 Å². The van der Waals surface area contributed by atoms with Crippen molar-refractivity contribution in [2.75, 3.05) is 0 Å². The fourth-order valence-electron chi connectivity index (χ4n) is 1.03. The summed E-state index contributed by atoms with van der Waals surface area (Å²) >= 11 is 3.06. The Morgan fingerprint density at radius 3 is 2.69 bits per heavy atom. The van der Waals surface area contributed by atoms with Gasteiger partial charge in [0.25, 0.3) is 0 Å². The average molecular weight is 248 g/mol. The molecule has 0 aliphatic carbocycles. The van der Waals surface area contributed by atoms with Gasteiger partial charge in [0.05, 0.1) is 10.6 Å². The smallest absolute Gasteiger partial charge is 0.137 e. The summed E-state index contributed by atoms with van der Waals surface area (Å²) < 4.78 is 13.3. The van der Waals surface area contributed by atoms with Crippen LogP contribution in [-0.2, 0) is 0 Å². The summed E-state index contributed by atoms with van der Waals surface area (Å²) in [4.78, 5) is 0. The van der Waals surface area contributed by atoms with Crippen molar-refractivity contribution in [3.63, 3.8) is 0 Å². The molecule has 1 aromatic rings. The van der Waals surface area contributed by atoms with Crippen molar-refractivity contribution < 1.29 is 9.50 Å². The van der Waals surface area contributed by atoms with Crippen LogP contribution in [0.3, 0.4) is 0 Å². The van der Waals surface area contributed by atoms with Crippen LogP contribution in [-0.4, -0.2) is 11.1 Å². The molecule has 13 heavy (non-hydrogen) atoms.